The van der Waals surface area contributed by atoms with E-state index >= 15 is 0 Å². The van der Waals surface area contributed by atoms with Crippen molar-refractivity contribution in [2.24, 2.45) is 5.73 Å². The van der Waals surface area contributed by atoms with Gasteiger partial charge in [0.15, 0.2) is 0 Å². The van der Waals surface area contributed by atoms with Crippen LogP contribution < -0.4 is 15.8 Å². The van der Waals surface area contributed by atoms with E-state index in [1.807, 2.05) is 0 Å². The molecular formula is C13H18ClN3O3. The number of hydrogen-bond donors (Lipinski definition) is 2. The number of hydrogen-bond acceptors (Lipinski definition) is 4. The highest BCUT2D eigenvalue weighted by Gasteiger charge is 2.09. The summed E-state index contributed by atoms with van der Waals surface area (Å²) in [6.45, 7) is 0.582. The lowest BCUT2D eigenvalue weighted by molar-refractivity contribution is -0.131. The van der Waals surface area contributed by atoms with E-state index in [1.54, 1.807) is 31.3 Å². The van der Waals surface area contributed by atoms with Crippen molar-refractivity contribution in [2.45, 2.75) is 0 Å². The lowest BCUT2D eigenvalue weighted by Crippen LogP contribution is -2.41. The maximum Gasteiger partial charge on any atom is 0.241 e. The molecule has 0 bridgehead atoms. The fraction of sp³-hybridized carbons (Fsp3) is 0.385. The Bertz CT molecular complexity index is 451. The lowest BCUT2D eigenvalue weighted by atomic mass is 10.3. The maximum atomic E-state index is 11.6. The molecule has 0 atom stereocenters. The van der Waals surface area contributed by atoms with Gasteiger partial charge < -0.3 is 20.7 Å². The quantitative estimate of drug-likeness (QED) is 0.756. The van der Waals surface area contributed by atoms with Crippen molar-refractivity contribution in [1.29, 1.82) is 0 Å². The molecule has 0 aliphatic heterocycles. The first-order valence-corrected chi connectivity index (χ1v) is 6.50. The number of nitrogens with zero attached hydrogens (tertiary/aromatic N) is 1. The van der Waals surface area contributed by atoms with Crippen LogP contribution in [0.2, 0.25) is 5.02 Å². The average Bonchev–Trinajstić information content (AvgIpc) is 2.46. The number of ether oxygens (including phenoxy) is 1. The van der Waals surface area contributed by atoms with Gasteiger partial charge in [-0.15, -0.1) is 0 Å². The van der Waals surface area contributed by atoms with Crippen LogP contribution in [0.5, 0.6) is 5.75 Å². The van der Waals surface area contributed by atoms with Crippen LogP contribution in [-0.4, -0.2) is 50.0 Å². The normalized spacial score (nSPS) is 9.95. The Balaban J connectivity index is 2.25. The van der Waals surface area contributed by atoms with Crippen LogP contribution in [0.4, 0.5) is 0 Å². The number of nitrogens with one attached hydrogen (secondary N) is 1. The standard InChI is InChI=1S/C13H18ClN3O3/c1-17(13(19)9-16-12(18)8-15)6-7-20-11-4-2-10(14)3-5-11/h2-5H,6-9,15H2,1H3,(H,16,18). The van der Waals surface area contributed by atoms with Gasteiger partial charge in [-0.3, -0.25) is 9.59 Å². The minimum Gasteiger partial charge on any atom is -0.492 e. The highest BCUT2D eigenvalue weighted by Crippen LogP contribution is 2.15. The van der Waals surface area contributed by atoms with E-state index in [-0.39, 0.29) is 24.9 Å². The largest absolute Gasteiger partial charge is 0.492 e. The van der Waals surface area contributed by atoms with E-state index in [2.05, 4.69) is 5.32 Å². The summed E-state index contributed by atoms with van der Waals surface area (Å²) < 4.78 is 5.47. The first-order valence-electron chi connectivity index (χ1n) is 6.12. The summed E-state index contributed by atoms with van der Waals surface area (Å²) in [5, 5.41) is 3.06. The SMILES string of the molecule is CN(CCOc1ccc(Cl)cc1)C(=O)CNC(=O)CN. The van der Waals surface area contributed by atoms with Gasteiger partial charge in [-0.05, 0) is 24.3 Å². The number of carbonyl (C=O) groups is 2. The van der Waals surface area contributed by atoms with Crippen LogP contribution in [0.15, 0.2) is 24.3 Å². The lowest BCUT2D eigenvalue weighted by Gasteiger charge is -2.17. The van der Waals surface area contributed by atoms with Gasteiger partial charge in [-0.25, -0.2) is 0 Å². The molecule has 0 heterocycles. The Labute approximate surface area is 122 Å². The van der Waals surface area contributed by atoms with E-state index in [0.717, 1.165) is 0 Å². The third-order valence-corrected chi connectivity index (χ3v) is 2.81. The summed E-state index contributed by atoms with van der Waals surface area (Å²) in [7, 11) is 1.64. The number of carbonyl (C=O) groups excluding carboxylic acids is 2. The smallest absolute Gasteiger partial charge is 0.241 e. The number of halogens is 1. The van der Waals surface area contributed by atoms with Gasteiger partial charge in [0, 0.05) is 12.1 Å². The third kappa shape index (κ3) is 5.90. The first-order chi connectivity index (χ1) is 9.52. The zero-order valence-electron chi connectivity index (χ0n) is 11.3. The number of nitrogens with two attached hydrogens (primary N) is 1. The van der Waals surface area contributed by atoms with E-state index in [9.17, 15) is 9.59 Å². The Morgan fingerprint density at radius 2 is 2.00 bits per heavy atom. The highest BCUT2D eigenvalue weighted by atomic mass is 35.5. The number of rotatable bonds is 7. The second-order valence-electron chi connectivity index (χ2n) is 4.10. The van der Waals surface area contributed by atoms with Gasteiger partial charge in [0.2, 0.25) is 11.8 Å². The second-order valence-corrected chi connectivity index (χ2v) is 4.53. The second kappa shape index (κ2) is 8.39. The number of amides is 2. The van der Waals surface area contributed by atoms with Crippen molar-refractivity contribution >= 4 is 23.4 Å². The summed E-state index contributed by atoms with van der Waals surface area (Å²) >= 11 is 5.76. The highest BCUT2D eigenvalue weighted by molar-refractivity contribution is 6.30. The topological polar surface area (TPSA) is 84.7 Å². The minimum absolute atomic E-state index is 0.0620. The maximum absolute atomic E-state index is 11.6. The van der Waals surface area contributed by atoms with Gasteiger partial charge >= 0.3 is 0 Å². The molecule has 0 saturated heterocycles. The van der Waals surface area contributed by atoms with Crippen molar-refractivity contribution in [3.8, 4) is 5.75 Å². The fourth-order valence-electron chi connectivity index (χ4n) is 1.34. The molecule has 1 aromatic rings. The molecule has 0 aromatic heterocycles. The summed E-state index contributed by atoms with van der Waals surface area (Å²) in [4.78, 5) is 24.0. The van der Waals surface area contributed by atoms with Gasteiger partial charge in [0.25, 0.3) is 0 Å². The monoisotopic (exact) mass is 299 g/mol. The Hall–Kier alpha value is -1.79. The van der Waals surface area contributed by atoms with Crippen molar-refractivity contribution in [1.82, 2.24) is 10.2 Å². The van der Waals surface area contributed by atoms with Crippen molar-refractivity contribution in [3.05, 3.63) is 29.3 Å². The molecule has 1 aromatic carbocycles. The van der Waals surface area contributed by atoms with Crippen LogP contribution >= 0.6 is 11.6 Å². The molecule has 6 nitrogen and oxygen atoms in total. The van der Waals surface area contributed by atoms with Gasteiger partial charge in [0.1, 0.15) is 12.4 Å². The van der Waals surface area contributed by atoms with Gasteiger partial charge in [0.05, 0.1) is 19.6 Å². The molecule has 20 heavy (non-hydrogen) atoms. The molecule has 0 saturated carbocycles. The van der Waals surface area contributed by atoms with Gasteiger partial charge in [-0.2, -0.15) is 0 Å². The molecule has 7 heteroatoms. The zero-order chi connectivity index (χ0) is 15.0. The summed E-state index contributed by atoms with van der Waals surface area (Å²) in [6.07, 6.45) is 0. The molecule has 0 fully saturated rings. The van der Waals surface area contributed by atoms with Crippen molar-refractivity contribution < 1.29 is 14.3 Å². The summed E-state index contributed by atoms with van der Waals surface area (Å²) in [5.41, 5.74) is 5.12. The number of benzene rings is 1. The predicted octanol–water partition coefficient (Wildman–Crippen LogP) is 0.252. The molecule has 110 valence electrons. The Kier molecular flexibility index (Phi) is 6.83. The average molecular weight is 300 g/mol. The first kappa shape index (κ1) is 16.3. The van der Waals surface area contributed by atoms with Crippen LogP contribution in [0.25, 0.3) is 0 Å². The van der Waals surface area contributed by atoms with Crippen LogP contribution in [-0.2, 0) is 9.59 Å². The third-order valence-electron chi connectivity index (χ3n) is 2.56. The Morgan fingerprint density at radius 1 is 1.35 bits per heavy atom. The van der Waals surface area contributed by atoms with E-state index in [4.69, 9.17) is 22.1 Å². The molecule has 0 radical (unpaired) electrons. The molecule has 2 amide bonds. The summed E-state index contributed by atoms with van der Waals surface area (Å²) in [6, 6.07) is 6.97. The Morgan fingerprint density at radius 3 is 2.60 bits per heavy atom. The number of likely N-dealkylation sites (N-methyl/N-ethyl adjacent to an activating group) is 1. The molecular weight excluding hydrogens is 282 g/mol. The van der Waals surface area contributed by atoms with Crippen molar-refractivity contribution in [2.75, 3.05) is 33.3 Å². The summed E-state index contributed by atoms with van der Waals surface area (Å²) in [5.74, 6) is 0.127. The van der Waals surface area contributed by atoms with E-state index in [1.165, 1.54) is 4.90 Å². The van der Waals surface area contributed by atoms with Crippen LogP contribution in [0, 0.1) is 0 Å². The van der Waals surface area contributed by atoms with E-state index in [0.29, 0.717) is 23.9 Å². The molecule has 0 aliphatic carbocycles. The van der Waals surface area contributed by atoms with Crippen molar-refractivity contribution in [3.63, 3.8) is 0 Å². The fourth-order valence-corrected chi connectivity index (χ4v) is 1.46. The predicted molar refractivity (Wildman–Crippen MR) is 76.6 cm³/mol. The molecule has 0 aliphatic rings. The zero-order valence-corrected chi connectivity index (χ0v) is 12.0. The van der Waals surface area contributed by atoms with Gasteiger partial charge in [-0.1, -0.05) is 11.6 Å². The molecule has 0 unspecified atom stereocenters. The molecule has 0 spiro atoms. The molecule has 3 N–H and O–H groups in total. The van der Waals surface area contributed by atoms with E-state index < -0.39 is 0 Å². The van der Waals surface area contributed by atoms with Crippen LogP contribution in [0.3, 0.4) is 0 Å². The minimum atomic E-state index is -0.357. The molecule has 1 rings (SSSR count). The van der Waals surface area contributed by atoms with Crippen LogP contribution in [0.1, 0.15) is 0 Å².